The molecule has 0 radical (unpaired) electrons. The number of phenolic OH excluding ortho intramolecular Hbond substituents is 1. The predicted octanol–water partition coefficient (Wildman–Crippen LogP) is 2.71. The Morgan fingerprint density at radius 2 is 2.15 bits per heavy atom. The van der Waals surface area contributed by atoms with Crippen LogP contribution in [0.5, 0.6) is 5.75 Å². The van der Waals surface area contributed by atoms with Gasteiger partial charge in [-0.1, -0.05) is 6.07 Å². The van der Waals surface area contributed by atoms with E-state index in [0.717, 1.165) is 24.0 Å². The summed E-state index contributed by atoms with van der Waals surface area (Å²) in [5.41, 5.74) is 0.0288. The van der Waals surface area contributed by atoms with E-state index in [4.69, 9.17) is 0 Å². The monoisotopic (exact) mass is 390 g/mol. The van der Waals surface area contributed by atoms with Crippen molar-refractivity contribution in [2.24, 2.45) is 0 Å². The number of amides is 1. The van der Waals surface area contributed by atoms with Crippen LogP contribution in [0.3, 0.4) is 0 Å². The molecule has 0 spiro atoms. The zero-order valence-corrected chi connectivity index (χ0v) is 15.8. The van der Waals surface area contributed by atoms with Crippen LogP contribution < -0.4 is 10.6 Å². The molecule has 2 fully saturated rings. The standard InChI is InChI=1S/C19H23FN4O2S/c20-14-2-1-13(16(25)11-14)12-24-8-5-19(6-9-24,17(26)22-15-3-4-15)23-18-21-7-10-27-18/h1-2,7,10-11,15,25H,3-6,8-9,12H2,(H,21,23)(H,22,26). The molecule has 1 aromatic carbocycles. The van der Waals surface area contributed by atoms with Crippen molar-refractivity contribution in [3.05, 3.63) is 41.2 Å². The zero-order valence-electron chi connectivity index (χ0n) is 14.9. The van der Waals surface area contributed by atoms with Crippen molar-refractivity contribution in [3.8, 4) is 5.75 Å². The molecule has 2 heterocycles. The van der Waals surface area contributed by atoms with Crippen LogP contribution in [0, 0.1) is 5.82 Å². The molecule has 4 rings (SSSR count). The Morgan fingerprint density at radius 1 is 1.37 bits per heavy atom. The Bertz CT molecular complexity index is 802. The lowest BCUT2D eigenvalue weighted by atomic mass is 9.86. The second-order valence-electron chi connectivity index (χ2n) is 7.34. The third-order valence-electron chi connectivity index (χ3n) is 5.28. The maximum Gasteiger partial charge on any atom is 0.246 e. The average Bonchev–Trinajstić information content (AvgIpc) is 3.32. The minimum absolute atomic E-state index is 0.0285. The van der Waals surface area contributed by atoms with Gasteiger partial charge in [0.2, 0.25) is 5.91 Å². The summed E-state index contributed by atoms with van der Waals surface area (Å²) in [6, 6.07) is 4.41. The number of halogens is 1. The quantitative estimate of drug-likeness (QED) is 0.707. The molecule has 0 bridgehead atoms. The summed E-state index contributed by atoms with van der Waals surface area (Å²) in [5, 5.41) is 19.1. The summed E-state index contributed by atoms with van der Waals surface area (Å²) < 4.78 is 13.2. The molecule has 0 atom stereocenters. The van der Waals surface area contributed by atoms with Gasteiger partial charge < -0.3 is 15.7 Å². The van der Waals surface area contributed by atoms with Crippen molar-refractivity contribution in [2.45, 2.75) is 43.8 Å². The highest BCUT2D eigenvalue weighted by atomic mass is 32.1. The van der Waals surface area contributed by atoms with Crippen LogP contribution in [-0.4, -0.2) is 45.6 Å². The lowest BCUT2D eigenvalue weighted by Crippen LogP contribution is -2.58. The van der Waals surface area contributed by atoms with Gasteiger partial charge in [-0.3, -0.25) is 9.69 Å². The van der Waals surface area contributed by atoms with E-state index in [1.165, 1.54) is 17.4 Å². The van der Waals surface area contributed by atoms with Gasteiger partial charge in [0.05, 0.1) is 0 Å². The number of aromatic hydroxyl groups is 1. The molecule has 1 aromatic heterocycles. The van der Waals surface area contributed by atoms with Crippen molar-refractivity contribution in [3.63, 3.8) is 0 Å². The third-order valence-corrected chi connectivity index (χ3v) is 5.97. The molecule has 144 valence electrons. The number of thiazole rings is 1. The van der Waals surface area contributed by atoms with E-state index in [1.54, 1.807) is 12.3 Å². The van der Waals surface area contributed by atoms with E-state index in [0.29, 0.717) is 44.1 Å². The second kappa shape index (κ2) is 7.44. The summed E-state index contributed by atoms with van der Waals surface area (Å²) in [4.78, 5) is 19.4. The average molecular weight is 390 g/mol. The van der Waals surface area contributed by atoms with Crippen LogP contribution in [0.25, 0.3) is 0 Å². The molecule has 0 unspecified atom stereocenters. The first-order valence-electron chi connectivity index (χ1n) is 9.22. The van der Waals surface area contributed by atoms with Crippen LogP contribution in [0.1, 0.15) is 31.2 Å². The molecule has 1 aliphatic carbocycles. The summed E-state index contributed by atoms with van der Waals surface area (Å²) in [5.74, 6) is -0.429. The number of nitrogens with zero attached hydrogens (tertiary/aromatic N) is 2. The molecule has 27 heavy (non-hydrogen) atoms. The maximum atomic E-state index is 13.2. The van der Waals surface area contributed by atoms with Crippen LogP contribution >= 0.6 is 11.3 Å². The van der Waals surface area contributed by atoms with Crippen LogP contribution in [0.15, 0.2) is 29.8 Å². The zero-order chi connectivity index (χ0) is 18.9. The molecular weight excluding hydrogens is 367 g/mol. The highest BCUT2D eigenvalue weighted by molar-refractivity contribution is 7.13. The minimum atomic E-state index is -0.665. The van der Waals surface area contributed by atoms with Gasteiger partial charge >= 0.3 is 0 Å². The molecule has 2 aliphatic rings. The predicted molar refractivity (Wildman–Crippen MR) is 102 cm³/mol. The fraction of sp³-hybridized carbons (Fsp3) is 0.474. The van der Waals surface area contributed by atoms with Crippen LogP contribution in [0.4, 0.5) is 9.52 Å². The molecule has 2 aromatic rings. The van der Waals surface area contributed by atoms with Gasteiger partial charge in [0.25, 0.3) is 0 Å². The van der Waals surface area contributed by atoms with E-state index >= 15 is 0 Å². The van der Waals surface area contributed by atoms with Gasteiger partial charge in [0, 0.05) is 48.9 Å². The third kappa shape index (κ3) is 4.22. The second-order valence-corrected chi connectivity index (χ2v) is 8.24. The van der Waals surface area contributed by atoms with Gasteiger partial charge in [-0.05, 0) is 31.7 Å². The first-order chi connectivity index (χ1) is 13.0. The van der Waals surface area contributed by atoms with Crippen LogP contribution in [-0.2, 0) is 11.3 Å². The first kappa shape index (κ1) is 18.2. The highest BCUT2D eigenvalue weighted by Crippen LogP contribution is 2.31. The lowest BCUT2D eigenvalue weighted by Gasteiger charge is -2.41. The highest BCUT2D eigenvalue weighted by Gasteiger charge is 2.43. The fourth-order valence-corrected chi connectivity index (χ4v) is 4.08. The van der Waals surface area contributed by atoms with E-state index in [-0.39, 0.29) is 11.7 Å². The number of aromatic nitrogens is 1. The first-order valence-corrected chi connectivity index (χ1v) is 10.1. The Balaban J connectivity index is 1.44. The normalized spacial score (nSPS) is 19.6. The summed E-state index contributed by atoms with van der Waals surface area (Å²) in [7, 11) is 0. The number of benzene rings is 1. The lowest BCUT2D eigenvalue weighted by molar-refractivity contribution is -0.127. The molecular formula is C19H23FN4O2S. The molecule has 1 saturated heterocycles. The molecule has 6 nitrogen and oxygen atoms in total. The number of likely N-dealkylation sites (tertiary alicyclic amines) is 1. The van der Waals surface area contributed by atoms with Gasteiger partial charge in [-0.2, -0.15) is 0 Å². The SMILES string of the molecule is O=C(NC1CC1)C1(Nc2nccs2)CCN(Cc2ccc(F)cc2O)CC1. The number of carbonyl (C=O) groups excluding carboxylic acids is 1. The summed E-state index contributed by atoms with van der Waals surface area (Å²) >= 11 is 1.49. The van der Waals surface area contributed by atoms with E-state index < -0.39 is 11.4 Å². The largest absolute Gasteiger partial charge is 0.508 e. The Labute approximate surface area is 161 Å². The number of carbonyl (C=O) groups is 1. The Morgan fingerprint density at radius 3 is 2.78 bits per heavy atom. The summed E-state index contributed by atoms with van der Waals surface area (Å²) in [6.07, 6.45) is 5.12. The molecule has 1 saturated carbocycles. The fourth-order valence-electron chi connectivity index (χ4n) is 3.45. The number of piperidine rings is 1. The van der Waals surface area contributed by atoms with Gasteiger partial charge in [0.15, 0.2) is 5.13 Å². The van der Waals surface area contributed by atoms with E-state index in [9.17, 15) is 14.3 Å². The van der Waals surface area contributed by atoms with Gasteiger partial charge in [-0.25, -0.2) is 9.37 Å². The number of rotatable bonds is 6. The smallest absolute Gasteiger partial charge is 0.246 e. The number of hydrogen-bond donors (Lipinski definition) is 3. The van der Waals surface area contributed by atoms with Crippen molar-refractivity contribution >= 4 is 22.4 Å². The maximum absolute atomic E-state index is 13.2. The summed E-state index contributed by atoms with van der Waals surface area (Å²) in [6.45, 7) is 1.93. The number of hydrogen-bond acceptors (Lipinski definition) is 6. The van der Waals surface area contributed by atoms with Gasteiger partial charge in [-0.15, -0.1) is 11.3 Å². The van der Waals surface area contributed by atoms with E-state index in [1.807, 2.05) is 5.38 Å². The Kier molecular flexibility index (Phi) is 5.01. The topological polar surface area (TPSA) is 77.5 Å². The van der Waals surface area contributed by atoms with Crippen LogP contribution in [0.2, 0.25) is 0 Å². The van der Waals surface area contributed by atoms with Crippen molar-refractivity contribution in [1.82, 2.24) is 15.2 Å². The molecule has 8 heteroatoms. The van der Waals surface area contributed by atoms with Crippen molar-refractivity contribution in [2.75, 3.05) is 18.4 Å². The van der Waals surface area contributed by atoms with E-state index in [2.05, 4.69) is 20.5 Å². The number of nitrogens with one attached hydrogen (secondary N) is 2. The van der Waals surface area contributed by atoms with Crippen molar-refractivity contribution in [1.29, 1.82) is 0 Å². The molecule has 3 N–H and O–H groups in total. The molecule has 1 amide bonds. The Hall–Kier alpha value is -2.19. The van der Waals surface area contributed by atoms with Gasteiger partial charge in [0.1, 0.15) is 17.1 Å². The molecule has 1 aliphatic heterocycles. The number of anilines is 1. The minimum Gasteiger partial charge on any atom is -0.508 e. The van der Waals surface area contributed by atoms with Crippen molar-refractivity contribution < 1.29 is 14.3 Å². The number of phenols is 1.